The highest BCUT2D eigenvalue weighted by Gasteiger charge is 2.05. The van der Waals surface area contributed by atoms with Gasteiger partial charge in [-0.25, -0.2) is 9.97 Å². The number of aryl methyl sites for hydroxylation is 1. The van der Waals surface area contributed by atoms with Gasteiger partial charge in [-0.05, 0) is 18.4 Å². The van der Waals surface area contributed by atoms with E-state index in [1.165, 1.54) is 10.6 Å². The number of hydrogen-bond donors (Lipinski definition) is 1. The van der Waals surface area contributed by atoms with Crippen molar-refractivity contribution in [3.05, 3.63) is 44.7 Å². The third-order valence-electron chi connectivity index (χ3n) is 2.81. The summed E-state index contributed by atoms with van der Waals surface area (Å²) in [6.07, 6.45) is 0.978. The molecule has 104 valence electrons. The summed E-state index contributed by atoms with van der Waals surface area (Å²) < 4.78 is 0. The van der Waals surface area contributed by atoms with Gasteiger partial charge in [-0.3, -0.25) is 0 Å². The predicted molar refractivity (Wildman–Crippen MR) is 87.7 cm³/mol. The lowest BCUT2D eigenvalue weighted by molar-refractivity contribution is 0.672. The number of hydrogen-bond acceptors (Lipinski definition) is 6. The number of nitrogens with zero attached hydrogens (tertiary/aromatic N) is 2. The Morgan fingerprint density at radius 1 is 1.10 bits per heavy atom. The first-order valence-corrected chi connectivity index (χ1v) is 9.05. The standard InChI is InChI=1S/C14H15N3S3/c1-10-16-11(8-19-10)4-5-15-7-12-9-20-14(17-12)13-3-2-6-18-13/h2-3,6,8-9,15H,4-5,7H2,1H3. The summed E-state index contributed by atoms with van der Waals surface area (Å²) in [6, 6.07) is 4.18. The fourth-order valence-electron chi connectivity index (χ4n) is 1.86. The Hall–Kier alpha value is -1.08. The Balaban J connectivity index is 1.47. The van der Waals surface area contributed by atoms with Crippen molar-refractivity contribution in [1.82, 2.24) is 15.3 Å². The molecule has 0 saturated heterocycles. The van der Waals surface area contributed by atoms with Crippen LogP contribution in [0.4, 0.5) is 0 Å². The van der Waals surface area contributed by atoms with Crippen LogP contribution in [-0.4, -0.2) is 16.5 Å². The Morgan fingerprint density at radius 3 is 2.75 bits per heavy atom. The van der Waals surface area contributed by atoms with E-state index in [0.29, 0.717) is 0 Å². The van der Waals surface area contributed by atoms with Gasteiger partial charge in [0.1, 0.15) is 5.01 Å². The van der Waals surface area contributed by atoms with Crippen LogP contribution in [0.15, 0.2) is 28.3 Å². The average Bonchev–Trinajstić information content (AvgIpc) is 3.16. The molecule has 0 radical (unpaired) electrons. The van der Waals surface area contributed by atoms with Crippen molar-refractivity contribution in [3.8, 4) is 9.88 Å². The molecule has 20 heavy (non-hydrogen) atoms. The van der Waals surface area contributed by atoms with E-state index in [1.54, 1.807) is 34.0 Å². The van der Waals surface area contributed by atoms with Crippen molar-refractivity contribution in [2.75, 3.05) is 6.54 Å². The minimum atomic E-state index is 0.824. The number of thiazole rings is 2. The van der Waals surface area contributed by atoms with E-state index in [4.69, 9.17) is 0 Å². The maximum absolute atomic E-state index is 4.65. The van der Waals surface area contributed by atoms with E-state index in [9.17, 15) is 0 Å². The lowest BCUT2D eigenvalue weighted by Crippen LogP contribution is -2.17. The number of rotatable bonds is 6. The molecule has 0 amide bonds. The third-order valence-corrected chi connectivity index (χ3v) is 5.57. The second-order valence-corrected chi connectivity index (χ2v) is 7.27. The maximum Gasteiger partial charge on any atom is 0.133 e. The molecule has 3 aromatic heterocycles. The molecule has 0 fully saturated rings. The fourth-order valence-corrected chi connectivity index (χ4v) is 4.14. The van der Waals surface area contributed by atoms with Crippen molar-refractivity contribution in [1.29, 1.82) is 0 Å². The zero-order valence-electron chi connectivity index (χ0n) is 11.1. The van der Waals surface area contributed by atoms with Crippen LogP contribution >= 0.6 is 34.0 Å². The monoisotopic (exact) mass is 321 g/mol. The van der Waals surface area contributed by atoms with E-state index in [-0.39, 0.29) is 0 Å². The molecule has 0 aliphatic heterocycles. The summed E-state index contributed by atoms with van der Waals surface area (Å²) in [4.78, 5) is 10.4. The van der Waals surface area contributed by atoms with Gasteiger partial charge in [0, 0.05) is 30.3 Å². The van der Waals surface area contributed by atoms with Crippen LogP contribution in [0.25, 0.3) is 9.88 Å². The third kappa shape index (κ3) is 3.52. The van der Waals surface area contributed by atoms with E-state index >= 15 is 0 Å². The Morgan fingerprint density at radius 2 is 2.00 bits per heavy atom. The van der Waals surface area contributed by atoms with Crippen LogP contribution in [0.1, 0.15) is 16.4 Å². The number of thiophene rings is 1. The van der Waals surface area contributed by atoms with Crippen molar-refractivity contribution in [3.63, 3.8) is 0 Å². The van der Waals surface area contributed by atoms with Crippen molar-refractivity contribution >= 4 is 34.0 Å². The molecule has 3 nitrogen and oxygen atoms in total. The van der Waals surface area contributed by atoms with Gasteiger partial charge in [-0.15, -0.1) is 34.0 Å². The second-order valence-electron chi connectivity index (χ2n) is 4.41. The van der Waals surface area contributed by atoms with Gasteiger partial charge < -0.3 is 5.32 Å². The minimum Gasteiger partial charge on any atom is -0.311 e. The van der Waals surface area contributed by atoms with Crippen LogP contribution in [0.3, 0.4) is 0 Å². The van der Waals surface area contributed by atoms with Gasteiger partial charge in [0.25, 0.3) is 0 Å². The van der Waals surface area contributed by atoms with Gasteiger partial charge in [0.2, 0.25) is 0 Å². The Bertz CT molecular complexity index is 655. The molecular weight excluding hydrogens is 306 g/mol. The molecule has 0 atom stereocenters. The first-order valence-electron chi connectivity index (χ1n) is 6.41. The minimum absolute atomic E-state index is 0.824. The van der Waals surface area contributed by atoms with Gasteiger partial charge >= 0.3 is 0 Å². The van der Waals surface area contributed by atoms with Gasteiger partial charge in [0.05, 0.1) is 21.3 Å². The lowest BCUT2D eigenvalue weighted by atomic mass is 10.3. The zero-order valence-corrected chi connectivity index (χ0v) is 13.6. The summed E-state index contributed by atoms with van der Waals surface area (Å²) in [5.41, 5.74) is 2.30. The molecule has 0 spiro atoms. The topological polar surface area (TPSA) is 37.8 Å². The molecule has 0 aliphatic carbocycles. The van der Waals surface area contributed by atoms with E-state index < -0.39 is 0 Å². The molecule has 0 saturated carbocycles. The molecule has 1 N–H and O–H groups in total. The number of nitrogens with one attached hydrogen (secondary N) is 1. The normalized spacial score (nSPS) is 11.1. The highest BCUT2D eigenvalue weighted by Crippen LogP contribution is 2.27. The van der Waals surface area contributed by atoms with Crippen LogP contribution in [0.5, 0.6) is 0 Å². The van der Waals surface area contributed by atoms with E-state index in [0.717, 1.165) is 35.2 Å². The van der Waals surface area contributed by atoms with Gasteiger partial charge in [-0.1, -0.05) is 6.07 Å². The molecule has 0 unspecified atom stereocenters. The first-order chi connectivity index (χ1) is 9.81. The van der Waals surface area contributed by atoms with E-state index in [1.807, 2.05) is 6.92 Å². The highest BCUT2D eigenvalue weighted by atomic mass is 32.1. The molecule has 6 heteroatoms. The smallest absolute Gasteiger partial charge is 0.133 e. The average molecular weight is 321 g/mol. The highest BCUT2D eigenvalue weighted by molar-refractivity contribution is 7.20. The molecule has 3 rings (SSSR count). The molecule has 0 bridgehead atoms. The maximum atomic E-state index is 4.65. The van der Waals surface area contributed by atoms with Crippen molar-refractivity contribution < 1.29 is 0 Å². The van der Waals surface area contributed by atoms with Crippen molar-refractivity contribution in [2.24, 2.45) is 0 Å². The molecule has 3 aromatic rings. The molecule has 0 aliphatic rings. The summed E-state index contributed by atoms with van der Waals surface area (Å²) in [7, 11) is 0. The largest absolute Gasteiger partial charge is 0.311 e. The number of aromatic nitrogens is 2. The molecule has 0 aromatic carbocycles. The Labute approximate surface area is 130 Å². The SMILES string of the molecule is Cc1nc(CCNCc2csc(-c3cccs3)n2)cs1. The van der Waals surface area contributed by atoms with Gasteiger partial charge in [0.15, 0.2) is 0 Å². The first kappa shape index (κ1) is 13.9. The molecule has 3 heterocycles. The lowest BCUT2D eigenvalue weighted by Gasteiger charge is -2.00. The van der Waals surface area contributed by atoms with Gasteiger partial charge in [-0.2, -0.15) is 0 Å². The van der Waals surface area contributed by atoms with Crippen LogP contribution in [-0.2, 0) is 13.0 Å². The quantitative estimate of drug-likeness (QED) is 0.698. The molecular formula is C14H15N3S3. The van der Waals surface area contributed by atoms with Crippen molar-refractivity contribution in [2.45, 2.75) is 19.9 Å². The zero-order chi connectivity index (χ0) is 13.8. The van der Waals surface area contributed by atoms with Crippen LogP contribution in [0, 0.1) is 6.92 Å². The Kier molecular flexibility index (Phi) is 4.57. The summed E-state index contributed by atoms with van der Waals surface area (Å²) in [5.74, 6) is 0. The van der Waals surface area contributed by atoms with Crippen LogP contribution in [0.2, 0.25) is 0 Å². The summed E-state index contributed by atoms with van der Waals surface area (Å²) >= 11 is 5.16. The summed E-state index contributed by atoms with van der Waals surface area (Å²) in [6.45, 7) is 3.81. The summed E-state index contributed by atoms with van der Waals surface area (Å²) in [5, 5.41) is 12.0. The van der Waals surface area contributed by atoms with Crippen LogP contribution < -0.4 is 5.32 Å². The fraction of sp³-hybridized carbons (Fsp3) is 0.286. The predicted octanol–water partition coefficient (Wildman–Crippen LogP) is 3.97. The second kappa shape index (κ2) is 6.58. The van der Waals surface area contributed by atoms with E-state index in [2.05, 4.69) is 43.6 Å².